The van der Waals surface area contributed by atoms with E-state index in [1.165, 1.54) is 12.1 Å². The minimum absolute atomic E-state index is 0.0145. The van der Waals surface area contributed by atoms with Gasteiger partial charge in [0, 0.05) is 37.8 Å². The molecule has 2 aliphatic heterocycles. The molecule has 0 aromatic heterocycles. The highest BCUT2D eigenvalue weighted by atomic mass is 16.4. The highest BCUT2D eigenvalue weighted by molar-refractivity contribution is 5.96. The van der Waals surface area contributed by atoms with Gasteiger partial charge >= 0.3 is 5.97 Å². The molecule has 7 rings (SSSR count). The first kappa shape index (κ1) is 41.6. The standard InChI is InChI=1S/C47H47N5O7/c53-42-26-27-48-43(54)37-23-18-34(19-24-37)30-41(47(58)59)52-46(57)39(28-32-12-6-2-7-13-32)51-45(56)40(29-33-16-21-36(22-17-33)35-14-8-3-9-15-35)50-44(55)38(49-42)25-20-31-10-4-1-5-11-31/h1-19,21-24,38-41H,20,25-30H2,(H,48,54)(H,49,53)(H,50,55)(H,51,56)(H,52,57)(H,58,59). The summed E-state index contributed by atoms with van der Waals surface area (Å²) >= 11 is 0. The molecule has 0 aliphatic carbocycles. The largest absolute Gasteiger partial charge is 0.480 e. The maximum atomic E-state index is 14.4. The van der Waals surface area contributed by atoms with Gasteiger partial charge in [-0.15, -0.1) is 0 Å². The monoisotopic (exact) mass is 793 g/mol. The minimum Gasteiger partial charge on any atom is -0.480 e. The van der Waals surface area contributed by atoms with Crippen LogP contribution < -0.4 is 26.6 Å². The Bertz CT molecular complexity index is 2220. The lowest BCUT2D eigenvalue weighted by Crippen LogP contribution is -2.59. The molecule has 12 heteroatoms. The number of hydrogen-bond acceptors (Lipinski definition) is 6. The van der Waals surface area contributed by atoms with Crippen molar-refractivity contribution in [2.24, 2.45) is 0 Å². The van der Waals surface area contributed by atoms with Crippen molar-refractivity contribution < 1.29 is 33.9 Å². The minimum atomic E-state index is -1.37. The van der Waals surface area contributed by atoms with Crippen LogP contribution in [0.4, 0.5) is 0 Å². The number of rotatable bonds is 9. The first-order valence-electron chi connectivity index (χ1n) is 19.6. The second kappa shape index (κ2) is 20.4. The number of carbonyl (C=O) groups is 6. The van der Waals surface area contributed by atoms with Gasteiger partial charge in [0.05, 0.1) is 0 Å². The highest BCUT2D eigenvalue weighted by Gasteiger charge is 2.32. The Morgan fingerprint density at radius 2 is 1.02 bits per heavy atom. The summed E-state index contributed by atoms with van der Waals surface area (Å²) in [4.78, 5) is 81.4. The molecule has 302 valence electrons. The summed E-state index contributed by atoms with van der Waals surface area (Å²) in [5, 5.41) is 24.0. The van der Waals surface area contributed by atoms with E-state index in [-0.39, 0.29) is 38.6 Å². The second-order valence-electron chi connectivity index (χ2n) is 14.5. The summed E-state index contributed by atoms with van der Waals surface area (Å²) in [5.41, 5.74) is 5.17. The van der Waals surface area contributed by atoms with E-state index in [1.54, 1.807) is 36.4 Å². The number of nitrogens with one attached hydrogen (secondary N) is 5. The fraction of sp³-hybridized carbons (Fsp3) is 0.234. The van der Waals surface area contributed by atoms with E-state index in [9.17, 15) is 33.9 Å². The van der Waals surface area contributed by atoms with Crippen LogP contribution in [0.2, 0.25) is 0 Å². The lowest BCUT2D eigenvalue weighted by Gasteiger charge is -2.26. The van der Waals surface area contributed by atoms with E-state index >= 15 is 0 Å². The average molecular weight is 794 g/mol. The van der Waals surface area contributed by atoms with Gasteiger partial charge in [0.1, 0.15) is 24.2 Å². The molecular formula is C47H47N5O7. The van der Waals surface area contributed by atoms with Gasteiger partial charge in [-0.1, -0.05) is 127 Å². The third-order valence-corrected chi connectivity index (χ3v) is 10.2. The van der Waals surface area contributed by atoms with Crippen LogP contribution in [0.1, 0.15) is 45.5 Å². The molecule has 4 atom stereocenters. The Balaban J connectivity index is 1.33. The molecule has 0 radical (unpaired) electrons. The molecule has 4 unspecified atom stereocenters. The number of fused-ring (bicyclic) bond motifs is 18. The molecule has 2 aliphatic rings. The first-order valence-corrected chi connectivity index (χ1v) is 19.6. The van der Waals surface area contributed by atoms with Crippen molar-refractivity contribution in [2.45, 2.75) is 62.7 Å². The van der Waals surface area contributed by atoms with Crippen molar-refractivity contribution in [3.63, 3.8) is 0 Å². The van der Waals surface area contributed by atoms with E-state index in [2.05, 4.69) is 26.6 Å². The zero-order valence-electron chi connectivity index (χ0n) is 32.4. The van der Waals surface area contributed by atoms with E-state index < -0.39 is 59.7 Å². The lowest BCUT2D eigenvalue weighted by atomic mass is 9.98. The number of amides is 5. The zero-order chi connectivity index (χ0) is 41.6. The molecular weight excluding hydrogens is 747 g/mol. The molecule has 2 bridgehead atoms. The first-order chi connectivity index (χ1) is 28.6. The summed E-state index contributed by atoms with van der Waals surface area (Å²) in [5.74, 6) is -4.22. The van der Waals surface area contributed by atoms with E-state index in [0.717, 1.165) is 22.3 Å². The van der Waals surface area contributed by atoms with Gasteiger partial charge in [-0.2, -0.15) is 0 Å². The smallest absolute Gasteiger partial charge is 0.326 e. The Labute approximate surface area is 342 Å². The van der Waals surface area contributed by atoms with Gasteiger partial charge in [-0.25, -0.2) is 4.79 Å². The SMILES string of the molecule is O=C1CCNC(=O)c2ccc(cc2)CC(C(=O)O)NC(=O)C(Cc2ccccc2)NC(=O)C(Cc2ccc(-c3ccccc3)cc2)NC(=O)C(CCc2ccccc2)N1. The Kier molecular flexibility index (Phi) is 14.3. The van der Waals surface area contributed by atoms with E-state index in [4.69, 9.17) is 0 Å². The third kappa shape index (κ3) is 12.2. The normalized spacial score (nSPS) is 19.6. The third-order valence-electron chi connectivity index (χ3n) is 10.2. The van der Waals surface area contributed by atoms with E-state index in [0.29, 0.717) is 23.1 Å². The number of benzene rings is 5. The van der Waals surface area contributed by atoms with Gasteiger partial charge in [0.25, 0.3) is 5.91 Å². The van der Waals surface area contributed by atoms with Crippen LogP contribution in [-0.2, 0) is 49.7 Å². The van der Waals surface area contributed by atoms with Crippen LogP contribution in [0.15, 0.2) is 140 Å². The van der Waals surface area contributed by atoms with Crippen LogP contribution in [0.3, 0.4) is 0 Å². The molecule has 5 aromatic rings. The van der Waals surface area contributed by atoms with Crippen LogP contribution in [0.25, 0.3) is 11.1 Å². The maximum absolute atomic E-state index is 14.4. The van der Waals surface area contributed by atoms with Crippen molar-refractivity contribution in [3.05, 3.63) is 167 Å². The molecule has 5 aromatic carbocycles. The number of hydrogen-bond donors (Lipinski definition) is 6. The average Bonchev–Trinajstić information content (AvgIpc) is 3.25. The Hall–Kier alpha value is -7.08. The van der Waals surface area contributed by atoms with Gasteiger partial charge in [0.15, 0.2) is 0 Å². The molecule has 59 heavy (non-hydrogen) atoms. The van der Waals surface area contributed by atoms with Gasteiger partial charge in [0.2, 0.25) is 23.6 Å². The van der Waals surface area contributed by atoms with Crippen LogP contribution in [0.5, 0.6) is 0 Å². The van der Waals surface area contributed by atoms with Crippen molar-refractivity contribution in [2.75, 3.05) is 6.54 Å². The van der Waals surface area contributed by atoms with Crippen molar-refractivity contribution in [3.8, 4) is 11.1 Å². The fourth-order valence-electron chi connectivity index (χ4n) is 6.90. The van der Waals surface area contributed by atoms with Crippen LogP contribution in [0, 0.1) is 0 Å². The van der Waals surface area contributed by atoms with E-state index in [1.807, 2.05) is 91.0 Å². The van der Waals surface area contributed by atoms with Crippen molar-refractivity contribution in [1.29, 1.82) is 0 Å². The number of carbonyl (C=O) groups excluding carboxylic acids is 5. The van der Waals surface area contributed by atoms with Gasteiger partial charge in [-0.05, 0) is 58.4 Å². The number of carboxylic acids is 1. The maximum Gasteiger partial charge on any atom is 0.326 e. The topological polar surface area (TPSA) is 183 Å². The van der Waals surface area contributed by atoms with Gasteiger partial charge in [-0.3, -0.25) is 24.0 Å². The quantitative estimate of drug-likeness (QED) is 0.121. The molecule has 0 saturated heterocycles. The molecule has 5 amide bonds. The summed E-state index contributed by atoms with van der Waals surface area (Å²) in [7, 11) is 0. The molecule has 0 spiro atoms. The Morgan fingerprint density at radius 3 is 1.61 bits per heavy atom. The van der Waals surface area contributed by atoms with Crippen molar-refractivity contribution in [1.82, 2.24) is 26.6 Å². The van der Waals surface area contributed by atoms with Gasteiger partial charge < -0.3 is 31.7 Å². The lowest BCUT2D eigenvalue weighted by molar-refractivity contribution is -0.142. The van der Waals surface area contributed by atoms with Crippen LogP contribution in [-0.4, -0.2) is 71.3 Å². The number of carboxylic acid groups (broad SMARTS) is 1. The molecule has 2 heterocycles. The predicted molar refractivity (Wildman–Crippen MR) is 223 cm³/mol. The summed E-state index contributed by atoms with van der Waals surface area (Å²) in [6, 6.07) is 37.2. The Morgan fingerprint density at radius 1 is 0.525 bits per heavy atom. The number of aryl methyl sites for hydroxylation is 1. The summed E-state index contributed by atoms with van der Waals surface area (Å²) in [6.45, 7) is -0.0145. The predicted octanol–water partition coefficient (Wildman–Crippen LogP) is 4.17. The zero-order valence-corrected chi connectivity index (χ0v) is 32.4. The molecule has 0 fully saturated rings. The van der Waals surface area contributed by atoms with Crippen molar-refractivity contribution >= 4 is 35.5 Å². The number of aliphatic carboxylic acids is 1. The fourth-order valence-corrected chi connectivity index (χ4v) is 6.90. The molecule has 12 nitrogen and oxygen atoms in total. The summed E-state index contributed by atoms with van der Waals surface area (Å²) < 4.78 is 0. The molecule has 0 saturated carbocycles. The van der Waals surface area contributed by atoms with Crippen LogP contribution >= 0.6 is 0 Å². The molecule has 6 N–H and O–H groups in total. The highest BCUT2D eigenvalue weighted by Crippen LogP contribution is 2.20. The summed E-state index contributed by atoms with van der Waals surface area (Å²) in [6.07, 6.45) is 0.481. The second-order valence-corrected chi connectivity index (χ2v) is 14.5.